The minimum absolute atomic E-state index is 0.00867. The van der Waals surface area contributed by atoms with Gasteiger partial charge in [0.2, 0.25) is 0 Å². The first-order valence-corrected chi connectivity index (χ1v) is 11.9. The quantitative estimate of drug-likeness (QED) is 0.661. The van der Waals surface area contributed by atoms with E-state index in [1.165, 1.54) is 31.4 Å². The second-order valence-corrected chi connectivity index (χ2v) is 11.3. The van der Waals surface area contributed by atoms with Gasteiger partial charge in [-0.2, -0.15) is 18.3 Å². The highest BCUT2D eigenvalue weighted by atomic mass is 19.4. The van der Waals surface area contributed by atoms with E-state index in [9.17, 15) is 18.0 Å². The van der Waals surface area contributed by atoms with Crippen LogP contribution in [0, 0.1) is 17.8 Å². The third-order valence-electron chi connectivity index (χ3n) is 8.41. The average Bonchev–Trinajstić information content (AvgIpc) is 3.15. The lowest BCUT2D eigenvalue weighted by Crippen LogP contribution is -2.55. The van der Waals surface area contributed by atoms with Crippen LogP contribution in [0.3, 0.4) is 0 Å². The first-order valence-electron chi connectivity index (χ1n) is 11.9. The van der Waals surface area contributed by atoms with E-state index in [0.717, 1.165) is 23.8 Å². The summed E-state index contributed by atoms with van der Waals surface area (Å²) in [6.07, 6.45) is 1.77. The molecular weight excluding hydrogens is 433 g/mol. The summed E-state index contributed by atoms with van der Waals surface area (Å²) in [4.78, 5) is 19.6. The van der Waals surface area contributed by atoms with Gasteiger partial charge < -0.3 is 9.64 Å². The summed E-state index contributed by atoms with van der Waals surface area (Å²) in [5, 5.41) is 4.11. The smallest absolute Gasteiger partial charge is 0.377 e. The Balaban J connectivity index is 1.45. The normalized spacial score (nSPS) is 33.1. The van der Waals surface area contributed by atoms with Crippen LogP contribution >= 0.6 is 0 Å². The number of rotatable bonds is 2. The molecule has 1 saturated heterocycles. The van der Waals surface area contributed by atoms with Gasteiger partial charge in [0.1, 0.15) is 5.69 Å². The van der Waals surface area contributed by atoms with Crippen molar-refractivity contribution in [2.24, 2.45) is 17.8 Å². The Morgan fingerprint density at radius 2 is 1.73 bits per heavy atom. The van der Waals surface area contributed by atoms with Crippen molar-refractivity contribution in [3.63, 3.8) is 0 Å². The Kier molecular flexibility index (Phi) is 4.49. The Hall–Kier alpha value is -2.16. The molecule has 4 aliphatic carbocycles. The van der Waals surface area contributed by atoms with Gasteiger partial charge in [-0.15, -0.1) is 0 Å². The average molecular weight is 463 g/mol. The Labute approximate surface area is 190 Å². The van der Waals surface area contributed by atoms with Crippen molar-refractivity contribution < 1.29 is 22.7 Å². The van der Waals surface area contributed by atoms with Gasteiger partial charge in [-0.1, -0.05) is 0 Å². The van der Waals surface area contributed by atoms with Gasteiger partial charge in [0.05, 0.1) is 24.4 Å². The van der Waals surface area contributed by atoms with Gasteiger partial charge in [0.15, 0.2) is 11.3 Å². The SMILES string of the molecule is CC1(C)COCCN1C(=O)c1cc2nc(C34CC5CC(CC(C5)C3)C4)cc(C(F)(F)F)n2n1. The molecule has 2 aromatic heterocycles. The Bertz CT molecular complexity index is 1090. The van der Waals surface area contributed by atoms with Crippen LogP contribution in [0.1, 0.15) is 74.2 Å². The van der Waals surface area contributed by atoms with Crippen LogP contribution in [-0.2, 0) is 16.3 Å². The second kappa shape index (κ2) is 6.93. The molecule has 0 spiro atoms. The second-order valence-electron chi connectivity index (χ2n) is 11.3. The molecule has 1 aliphatic heterocycles. The zero-order valence-electron chi connectivity index (χ0n) is 19.0. The fraction of sp³-hybridized carbons (Fsp3) is 0.708. The number of carbonyl (C=O) groups is 1. The maximum atomic E-state index is 14.2. The number of aromatic nitrogens is 3. The number of halogens is 3. The molecule has 0 unspecified atom stereocenters. The molecule has 6 nitrogen and oxygen atoms in total. The largest absolute Gasteiger partial charge is 0.433 e. The van der Waals surface area contributed by atoms with Gasteiger partial charge in [-0.05, 0) is 76.2 Å². The van der Waals surface area contributed by atoms with E-state index >= 15 is 0 Å². The fourth-order valence-electron chi connectivity index (χ4n) is 7.35. The molecule has 9 heteroatoms. The van der Waals surface area contributed by atoms with E-state index < -0.39 is 23.3 Å². The van der Waals surface area contributed by atoms with Crippen molar-refractivity contribution in [3.8, 4) is 0 Å². The molecule has 3 heterocycles. The number of hydrogen-bond donors (Lipinski definition) is 0. The van der Waals surface area contributed by atoms with Crippen molar-refractivity contribution in [2.75, 3.05) is 19.8 Å². The number of nitrogens with zero attached hydrogens (tertiary/aromatic N) is 4. The van der Waals surface area contributed by atoms with Crippen molar-refractivity contribution in [1.82, 2.24) is 19.5 Å². The van der Waals surface area contributed by atoms with Gasteiger partial charge in [-0.3, -0.25) is 4.79 Å². The summed E-state index contributed by atoms with van der Waals surface area (Å²) in [6, 6.07) is 2.63. The van der Waals surface area contributed by atoms with Crippen LogP contribution in [0.15, 0.2) is 12.1 Å². The molecule has 5 fully saturated rings. The molecule has 2 aromatic rings. The summed E-state index contributed by atoms with van der Waals surface area (Å²) in [6.45, 7) is 4.89. The molecule has 178 valence electrons. The van der Waals surface area contributed by atoms with Crippen LogP contribution in [-0.4, -0.2) is 50.7 Å². The van der Waals surface area contributed by atoms with Gasteiger partial charge in [0.25, 0.3) is 5.91 Å². The minimum Gasteiger partial charge on any atom is -0.377 e. The maximum Gasteiger partial charge on any atom is 0.433 e. The molecule has 33 heavy (non-hydrogen) atoms. The monoisotopic (exact) mass is 462 g/mol. The molecule has 0 radical (unpaired) electrons. The molecule has 5 aliphatic rings. The van der Waals surface area contributed by atoms with Gasteiger partial charge in [-0.25, -0.2) is 9.50 Å². The number of morpholine rings is 1. The van der Waals surface area contributed by atoms with E-state index in [1.54, 1.807) is 4.90 Å². The molecule has 4 saturated carbocycles. The number of fused-ring (bicyclic) bond motifs is 1. The van der Waals surface area contributed by atoms with Crippen LogP contribution in [0.2, 0.25) is 0 Å². The number of alkyl halides is 3. The number of ether oxygens (including phenoxy) is 1. The number of hydrogen-bond acceptors (Lipinski definition) is 4. The first-order chi connectivity index (χ1) is 15.5. The lowest BCUT2D eigenvalue weighted by Gasteiger charge is -2.56. The molecule has 7 rings (SSSR count). The van der Waals surface area contributed by atoms with Crippen molar-refractivity contribution in [3.05, 3.63) is 29.2 Å². The number of amides is 1. The molecule has 1 amide bonds. The minimum atomic E-state index is -4.59. The highest BCUT2D eigenvalue weighted by Crippen LogP contribution is 2.60. The van der Waals surface area contributed by atoms with Crippen LogP contribution in [0.5, 0.6) is 0 Å². The van der Waals surface area contributed by atoms with E-state index in [1.807, 2.05) is 13.8 Å². The molecular formula is C24H29F3N4O2. The van der Waals surface area contributed by atoms with E-state index in [4.69, 9.17) is 9.72 Å². The van der Waals surface area contributed by atoms with Crippen molar-refractivity contribution in [2.45, 2.75) is 69.5 Å². The maximum absolute atomic E-state index is 14.2. The molecule has 0 aromatic carbocycles. The fourth-order valence-corrected chi connectivity index (χ4v) is 7.35. The lowest BCUT2D eigenvalue weighted by molar-refractivity contribution is -0.142. The third kappa shape index (κ3) is 3.37. The highest BCUT2D eigenvalue weighted by molar-refractivity contribution is 5.94. The van der Waals surface area contributed by atoms with E-state index in [-0.39, 0.29) is 16.8 Å². The summed E-state index contributed by atoms with van der Waals surface area (Å²) in [5.74, 6) is 1.39. The van der Waals surface area contributed by atoms with E-state index in [2.05, 4.69) is 5.10 Å². The third-order valence-corrected chi connectivity index (χ3v) is 8.41. The highest BCUT2D eigenvalue weighted by Gasteiger charge is 2.53. The Morgan fingerprint density at radius 1 is 1.09 bits per heavy atom. The lowest BCUT2D eigenvalue weighted by atomic mass is 9.49. The summed E-state index contributed by atoms with van der Waals surface area (Å²) in [7, 11) is 0. The molecule has 4 bridgehead atoms. The summed E-state index contributed by atoms with van der Waals surface area (Å²) in [5.41, 5.74) is -1.06. The van der Waals surface area contributed by atoms with Crippen molar-refractivity contribution in [1.29, 1.82) is 0 Å². The summed E-state index contributed by atoms with van der Waals surface area (Å²) < 4.78 is 48.8. The predicted molar refractivity (Wildman–Crippen MR) is 114 cm³/mol. The molecule has 0 N–H and O–H groups in total. The van der Waals surface area contributed by atoms with Gasteiger partial charge >= 0.3 is 6.18 Å². The van der Waals surface area contributed by atoms with Crippen molar-refractivity contribution >= 4 is 11.6 Å². The molecule has 0 atom stereocenters. The zero-order chi connectivity index (χ0) is 23.2. The number of carbonyl (C=O) groups excluding carboxylic acids is 1. The zero-order valence-corrected chi connectivity index (χ0v) is 19.0. The van der Waals surface area contributed by atoms with Crippen LogP contribution < -0.4 is 0 Å². The van der Waals surface area contributed by atoms with E-state index in [0.29, 0.717) is 43.2 Å². The first kappa shape index (κ1) is 21.4. The van der Waals surface area contributed by atoms with Crippen LogP contribution in [0.4, 0.5) is 13.2 Å². The standard InChI is InChI=1S/C24H29F3N4O2/c1-22(2)13-33-4-3-30(22)21(32)17-8-20-28-18(9-19(24(25,26)27)31(20)29-17)23-10-14-5-15(11-23)7-16(6-14)12-23/h8-9,14-16H,3-7,10-13H2,1-2H3. The van der Waals surface area contributed by atoms with Gasteiger partial charge in [0, 0.05) is 18.0 Å². The summed E-state index contributed by atoms with van der Waals surface area (Å²) >= 11 is 0. The van der Waals surface area contributed by atoms with Crippen LogP contribution in [0.25, 0.3) is 5.65 Å². The Morgan fingerprint density at radius 3 is 2.30 bits per heavy atom. The predicted octanol–water partition coefficient (Wildman–Crippen LogP) is 4.47. The topological polar surface area (TPSA) is 59.7 Å².